The summed E-state index contributed by atoms with van der Waals surface area (Å²) in [5.74, 6) is -0.215. The first kappa shape index (κ1) is 21.0. The number of nitrogens with one attached hydrogen (secondary N) is 2. The van der Waals surface area contributed by atoms with Crippen LogP contribution in [-0.4, -0.2) is 34.5 Å². The van der Waals surface area contributed by atoms with E-state index in [0.29, 0.717) is 23.7 Å². The molecule has 1 aromatic rings. The molecule has 2 aliphatic rings. The first-order valence-corrected chi connectivity index (χ1v) is 11.1. The number of halogens is 1. The lowest BCUT2D eigenvalue weighted by Gasteiger charge is -2.36. The molecular formula is C22H32FN3OS. The molecule has 0 heterocycles. The largest absolute Gasteiger partial charge is 0.353 e. The van der Waals surface area contributed by atoms with Crippen LogP contribution >= 0.6 is 12.2 Å². The zero-order chi connectivity index (χ0) is 19.8. The summed E-state index contributed by atoms with van der Waals surface area (Å²) in [6.07, 6.45) is 11.7. The standard InChI is InChI=1S/C22H32FN3OS/c23-18-13-11-17(12-14-18)16-26(20-9-5-2-6-10-20)22(28)24-15-21(27)25-19-7-3-1-4-8-19/h11-14,19-20H,1-10,15-16H2,(H,24,28)(H,25,27). The van der Waals surface area contributed by atoms with E-state index in [0.717, 1.165) is 31.2 Å². The molecule has 0 aromatic heterocycles. The number of hydrogen-bond acceptors (Lipinski definition) is 2. The first-order valence-electron chi connectivity index (χ1n) is 10.7. The molecule has 1 aromatic carbocycles. The van der Waals surface area contributed by atoms with Gasteiger partial charge in [-0.3, -0.25) is 4.79 Å². The highest BCUT2D eigenvalue weighted by Gasteiger charge is 2.24. The highest BCUT2D eigenvalue weighted by molar-refractivity contribution is 7.80. The van der Waals surface area contributed by atoms with Crippen molar-refractivity contribution in [2.45, 2.75) is 82.8 Å². The Hall–Kier alpha value is -1.69. The van der Waals surface area contributed by atoms with Crippen LogP contribution in [0, 0.1) is 5.82 Å². The summed E-state index contributed by atoms with van der Waals surface area (Å²) < 4.78 is 13.2. The van der Waals surface area contributed by atoms with Crippen molar-refractivity contribution < 1.29 is 9.18 Å². The fourth-order valence-electron chi connectivity index (χ4n) is 4.33. The normalized spacial score (nSPS) is 18.5. The lowest BCUT2D eigenvalue weighted by atomic mass is 9.94. The maximum atomic E-state index is 13.2. The zero-order valence-electron chi connectivity index (χ0n) is 16.6. The van der Waals surface area contributed by atoms with Crippen molar-refractivity contribution in [2.75, 3.05) is 6.54 Å². The van der Waals surface area contributed by atoms with E-state index in [4.69, 9.17) is 12.2 Å². The van der Waals surface area contributed by atoms with Crippen LogP contribution in [0.3, 0.4) is 0 Å². The van der Waals surface area contributed by atoms with E-state index in [1.165, 1.54) is 50.7 Å². The number of rotatable bonds is 6. The first-order chi connectivity index (χ1) is 13.6. The van der Waals surface area contributed by atoms with Crippen molar-refractivity contribution in [3.05, 3.63) is 35.6 Å². The van der Waals surface area contributed by atoms with Crippen LogP contribution in [0.4, 0.5) is 4.39 Å². The summed E-state index contributed by atoms with van der Waals surface area (Å²) in [5, 5.41) is 6.92. The van der Waals surface area contributed by atoms with Crippen molar-refractivity contribution in [3.63, 3.8) is 0 Å². The summed E-state index contributed by atoms with van der Waals surface area (Å²) in [4.78, 5) is 14.5. The second kappa shape index (κ2) is 10.7. The van der Waals surface area contributed by atoms with Gasteiger partial charge in [-0.25, -0.2) is 4.39 Å². The Kier molecular flexibility index (Phi) is 8.07. The highest BCUT2D eigenvalue weighted by Crippen LogP contribution is 2.24. The third-order valence-corrected chi connectivity index (χ3v) is 6.29. The van der Waals surface area contributed by atoms with Gasteiger partial charge in [0.15, 0.2) is 5.11 Å². The van der Waals surface area contributed by atoms with Crippen molar-refractivity contribution in [1.29, 1.82) is 0 Å². The van der Waals surface area contributed by atoms with Crippen molar-refractivity contribution in [2.24, 2.45) is 0 Å². The molecule has 0 bridgehead atoms. The zero-order valence-corrected chi connectivity index (χ0v) is 17.4. The van der Waals surface area contributed by atoms with E-state index in [-0.39, 0.29) is 18.3 Å². The summed E-state index contributed by atoms with van der Waals surface area (Å²) in [6.45, 7) is 0.850. The van der Waals surface area contributed by atoms with Gasteiger partial charge in [-0.05, 0) is 55.6 Å². The predicted molar refractivity (Wildman–Crippen MR) is 114 cm³/mol. The van der Waals surface area contributed by atoms with Gasteiger partial charge in [-0.15, -0.1) is 0 Å². The fourth-order valence-corrected chi connectivity index (χ4v) is 4.61. The van der Waals surface area contributed by atoms with Gasteiger partial charge in [0, 0.05) is 18.6 Å². The Morgan fingerprint density at radius 3 is 2.25 bits per heavy atom. The Balaban J connectivity index is 1.55. The molecule has 0 atom stereocenters. The van der Waals surface area contributed by atoms with Crippen LogP contribution in [0.2, 0.25) is 0 Å². The number of thiocarbonyl (C=S) groups is 1. The monoisotopic (exact) mass is 405 g/mol. The number of benzene rings is 1. The van der Waals surface area contributed by atoms with E-state index >= 15 is 0 Å². The molecule has 28 heavy (non-hydrogen) atoms. The van der Waals surface area contributed by atoms with Crippen molar-refractivity contribution in [3.8, 4) is 0 Å². The molecule has 0 aliphatic heterocycles. The third-order valence-electron chi connectivity index (χ3n) is 5.91. The minimum atomic E-state index is -0.229. The summed E-state index contributed by atoms with van der Waals surface area (Å²) in [6, 6.07) is 7.28. The van der Waals surface area contributed by atoms with Gasteiger partial charge in [-0.2, -0.15) is 0 Å². The Morgan fingerprint density at radius 1 is 1.00 bits per heavy atom. The molecule has 3 rings (SSSR count). The molecule has 154 valence electrons. The molecule has 2 aliphatic carbocycles. The molecule has 0 spiro atoms. The molecule has 4 nitrogen and oxygen atoms in total. The molecule has 1 amide bonds. The smallest absolute Gasteiger partial charge is 0.239 e. The number of carbonyl (C=O) groups is 1. The second-order valence-electron chi connectivity index (χ2n) is 8.11. The van der Waals surface area contributed by atoms with E-state index in [2.05, 4.69) is 15.5 Å². The Labute approximate surface area is 173 Å². The third kappa shape index (κ3) is 6.43. The molecule has 2 fully saturated rings. The highest BCUT2D eigenvalue weighted by atomic mass is 32.1. The van der Waals surface area contributed by atoms with Crippen LogP contribution in [-0.2, 0) is 11.3 Å². The lowest BCUT2D eigenvalue weighted by molar-refractivity contribution is -0.120. The van der Waals surface area contributed by atoms with Gasteiger partial charge in [0.1, 0.15) is 5.82 Å². The van der Waals surface area contributed by atoms with Gasteiger partial charge in [-0.1, -0.05) is 50.7 Å². The average molecular weight is 406 g/mol. The Morgan fingerprint density at radius 2 is 1.61 bits per heavy atom. The minimum absolute atomic E-state index is 0.0135. The second-order valence-corrected chi connectivity index (χ2v) is 8.49. The molecule has 0 saturated heterocycles. The van der Waals surface area contributed by atoms with Gasteiger partial charge in [0.25, 0.3) is 0 Å². The van der Waals surface area contributed by atoms with Crippen LogP contribution < -0.4 is 10.6 Å². The SMILES string of the molecule is O=C(CNC(=S)N(Cc1ccc(F)cc1)C1CCCCC1)NC1CCCCC1. The number of amides is 1. The van der Waals surface area contributed by atoms with Crippen molar-refractivity contribution >= 4 is 23.2 Å². The summed E-state index contributed by atoms with van der Waals surface area (Å²) in [7, 11) is 0. The molecule has 6 heteroatoms. The maximum absolute atomic E-state index is 13.2. The molecular weight excluding hydrogens is 373 g/mol. The lowest BCUT2D eigenvalue weighted by Crippen LogP contribution is -2.49. The van der Waals surface area contributed by atoms with Gasteiger partial charge in [0.2, 0.25) is 5.91 Å². The minimum Gasteiger partial charge on any atom is -0.353 e. The summed E-state index contributed by atoms with van der Waals surface area (Å²) >= 11 is 5.66. The van der Waals surface area contributed by atoms with Gasteiger partial charge >= 0.3 is 0 Å². The molecule has 0 unspecified atom stereocenters. The van der Waals surface area contributed by atoms with Gasteiger partial charge in [0.05, 0.1) is 6.54 Å². The van der Waals surface area contributed by atoms with E-state index in [9.17, 15) is 9.18 Å². The van der Waals surface area contributed by atoms with Crippen LogP contribution in [0.1, 0.15) is 69.8 Å². The van der Waals surface area contributed by atoms with E-state index < -0.39 is 0 Å². The predicted octanol–water partition coefficient (Wildman–Crippen LogP) is 4.28. The molecule has 0 radical (unpaired) electrons. The van der Waals surface area contributed by atoms with E-state index in [1.54, 1.807) is 0 Å². The topological polar surface area (TPSA) is 44.4 Å². The number of nitrogens with zero attached hydrogens (tertiary/aromatic N) is 1. The van der Waals surface area contributed by atoms with E-state index in [1.807, 2.05) is 12.1 Å². The average Bonchev–Trinajstić information content (AvgIpc) is 2.73. The van der Waals surface area contributed by atoms with Crippen LogP contribution in [0.25, 0.3) is 0 Å². The Bertz CT molecular complexity index is 640. The van der Waals surface area contributed by atoms with Gasteiger partial charge < -0.3 is 15.5 Å². The summed E-state index contributed by atoms with van der Waals surface area (Å²) in [5.41, 5.74) is 1.03. The van der Waals surface area contributed by atoms with Crippen LogP contribution in [0.15, 0.2) is 24.3 Å². The maximum Gasteiger partial charge on any atom is 0.239 e. The quantitative estimate of drug-likeness (QED) is 0.693. The fraction of sp³-hybridized carbons (Fsp3) is 0.636. The number of carbonyl (C=O) groups excluding carboxylic acids is 1. The molecule has 2 N–H and O–H groups in total. The van der Waals surface area contributed by atoms with Crippen molar-refractivity contribution in [1.82, 2.24) is 15.5 Å². The molecule has 2 saturated carbocycles. The van der Waals surface area contributed by atoms with Crippen LogP contribution in [0.5, 0.6) is 0 Å². The number of hydrogen-bond donors (Lipinski definition) is 2.